The lowest BCUT2D eigenvalue weighted by Gasteiger charge is -2.01. The zero-order valence-electron chi connectivity index (χ0n) is 7.57. The second kappa shape index (κ2) is 2.84. The van der Waals surface area contributed by atoms with E-state index in [1.54, 1.807) is 28.9 Å². The van der Waals surface area contributed by atoms with Crippen LogP contribution in [0.1, 0.15) is 0 Å². The first-order valence-corrected chi connectivity index (χ1v) is 4.77. The van der Waals surface area contributed by atoms with Crippen molar-refractivity contribution in [1.29, 1.82) is 0 Å². The van der Waals surface area contributed by atoms with E-state index in [0.29, 0.717) is 10.5 Å². The normalized spacial score (nSPS) is 11.3. The van der Waals surface area contributed by atoms with Gasteiger partial charge in [-0.05, 0) is 18.2 Å². The molecule has 15 heavy (non-hydrogen) atoms. The van der Waals surface area contributed by atoms with Gasteiger partial charge in [-0.15, -0.1) is 0 Å². The van der Waals surface area contributed by atoms with E-state index in [9.17, 15) is 4.79 Å². The van der Waals surface area contributed by atoms with Crippen LogP contribution in [-0.2, 0) is 0 Å². The number of rotatable bonds is 0. The summed E-state index contributed by atoms with van der Waals surface area (Å²) < 4.78 is 1.72. The van der Waals surface area contributed by atoms with Gasteiger partial charge in [0.25, 0.3) is 5.56 Å². The first kappa shape index (κ1) is 8.49. The maximum atomic E-state index is 11.6. The molecule has 2 heterocycles. The van der Waals surface area contributed by atoms with Crippen molar-refractivity contribution in [2.75, 3.05) is 0 Å². The third kappa shape index (κ3) is 1.15. The molecule has 0 bridgehead atoms. The molecular formula is C10H6ClN3O. The Labute approximate surface area is 89.1 Å². The smallest absolute Gasteiger partial charge is 0.274 e. The van der Waals surface area contributed by atoms with Gasteiger partial charge in [0.05, 0.1) is 23.6 Å². The number of H-pyrrole nitrogens is 1. The van der Waals surface area contributed by atoms with Crippen LogP contribution in [0.2, 0.25) is 5.02 Å². The van der Waals surface area contributed by atoms with Gasteiger partial charge in [0.2, 0.25) is 0 Å². The Hall–Kier alpha value is -1.81. The van der Waals surface area contributed by atoms with Crippen LogP contribution in [0, 0.1) is 0 Å². The van der Waals surface area contributed by atoms with Crippen LogP contribution in [0.25, 0.3) is 16.6 Å². The minimum absolute atomic E-state index is 0.151. The van der Waals surface area contributed by atoms with Gasteiger partial charge in [-0.25, -0.2) is 4.98 Å². The topological polar surface area (TPSA) is 50.2 Å². The molecule has 1 N–H and O–H groups in total. The molecule has 0 aliphatic heterocycles. The van der Waals surface area contributed by atoms with Gasteiger partial charge < -0.3 is 4.98 Å². The zero-order valence-corrected chi connectivity index (χ0v) is 8.32. The predicted molar refractivity (Wildman–Crippen MR) is 58.3 cm³/mol. The van der Waals surface area contributed by atoms with Crippen LogP contribution in [-0.4, -0.2) is 14.4 Å². The van der Waals surface area contributed by atoms with Crippen LogP contribution >= 0.6 is 11.6 Å². The maximum absolute atomic E-state index is 11.6. The van der Waals surface area contributed by atoms with Crippen molar-refractivity contribution in [1.82, 2.24) is 14.4 Å². The third-order valence-corrected chi connectivity index (χ3v) is 2.57. The predicted octanol–water partition coefficient (Wildman–Crippen LogP) is 1.83. The zero-order chi connectivity index (χ0) is 10.4. The summed E-state index contributed by atoms with van der Waals surface area (Å²) in [7, 11) is 0. The van der Waals surface area contributed by atoms with E-state index in [-0.39, 0.29) is 5.56 Å². The molecule has 5 heteroatoms. The van der Waals surface area contributed by atoms with E-state index in [0.717, 1.165) is 11.0 Å². The second-order valence-electron chi connectivity index (χ2n) is 3.26. The maximum Gasteiger partial charge on any atom is 0.274 e. The van der Waals surface area contributed by atoms with E-state index in [2.05, 4.69) is 9.97 Å². The number of benzene rings is 1. The van der Waals surface area contributed by atoms with Crippen LogP contribution in [0.5, 0.6) is 0 Å². The Kier molecular flexibility index (Phi) is 1.61. The first-order chi connectivity index (χ1) is 7.25. The molecule has 2 aromatic heterocycles. The van der Waals surface area contributed by atoms with Gasteiger partial charge in [-0.2, -0.15) is 0 Å². The van der Waals surface area contributed by atoms with Gasteiger partial charge in [-0.3, -0.25) is 9.20 Å². The summed E-state index contributed by atoms with van der Waals surface area (Å²) in [6, 6.07) is 5.31. The van der Waals surface area contributed by atoms with Crippen LogP contribution in [0.4, 0.5) is 0 Å². The molecule has 0 spiro atoms. The standard InChI is InChI=1S/C10H6ClN3O/c11-6-1-2-7-8(3-6)14-5-12-4-9(14)10(15)13-7/h1-5H,(H,13,15). The second-order valence-corrected chi connectivity index (χ2v) is 3.70. The number of nitrogens with zero attached hydrogens (tertiary/aromatic N) is 2. The van der Waals surface area contributed by atoms with Crippen molar-refractivity contribution < 1.29 is 0 Å². The van der Waals surface area contributed by atoms with Crippen molar-refractivity contribution in [3.8, 4) is 0 Å². The number of imidazole rings is 1. The van der Waals surface area contributed by atoms with Crippen LogP contribution in [0.15, 0.2) is 35.5 Å². The van der Waals surface area contributed by atoms with E-state index >= 15 is 0 Å². The fraction of sp³-hybridized carbons (Fsp3) is 0. The minimum Gasteiger partial charge on any atom is -0.319 e. The summed E-state index contributed by atoms with van der Waals surface area (Å²) in [5.41, 5.74) is 1.96. The molecule has 0 atom stereocenters. The Morgan fingerprint density at radius 1 is 1.33 bits per heavy atom. The number of hydrogen-bond acceptors (Lipinski definition) is 2. The Bertz CT molecular complexity index is 713. The van der Waals surface area contributed by atoms with E-state index in [1.807, 2.05) is 0 Å². The fourth-order valence-corrected chi connectivity index (χ4v) is 1.82. The number of fused-ring (bicyclic) bond motifs is 3. The molecule has 0 saturated carbocycles. The van der Waals surface area contributed by atoms with Gasteiger partial charge in [0.15, 0.2) is 0 Å². The summed E-state index contributed by atoms with van der Waals surface area (Å²) in [6.07, 6.45) is 3.13. The molecule has 4 nitrogen and oxygen atoms in total. The lowest BCUT2D eigenvalue weighted by Crippen LogP contribution is -2.09. The number of hydrogen-bond donors (Lipinski definition) is 1. The molecule has 0 amide bonds. The van der Waals surface area contributed by atoms with E-state index in [1.165, 1.54) is 6.20 Å². The summed E-state index contributed by atoms with van der Waals surface area (Å²) >= 11 is 5.90. The highest BCUT2D eigenvalue weighted by Gasteiger charge is 2.04. The number of halogens is 1. The lowest BCUT2D eigenvalue weighted by molar-refractivity contribution is 1.16. The van der Waals surface area contributed by atoms with Gasteiger partial charge in [0, 0.05) is 5.02 Å². The Morgan fingerprint density at radius 2 is 2.20 bits per heavy atom. The van der Waals surface area contributed by atoms with E-state index in [4.69, 9.17) is 11.6 Å². The van der Waals surface area contributed by atoms with E-state index < -0.39 is 0 Å². The summed E-state index contributed by atoms with van der Waals surface area (Å²) in [4.78, 5) is 18.3. The lowest BCUT2D eigenvalue weighted by atomic mass is 10.3. The van der Waals surface area contributed by atoms with Gasteiger partial charge in [-0.1, -0.05) is 11.6 Å². The highest BCUT2D eigenvalue weighted by molar-refractivity contribution is 6.31. The number of aromatic nitrogens is 3. The Balaban J connectivity index is 2.67. The van der Waals surface area contributed by atoms with Gasteiger partial charge in [0.1, 0.15) is 5.52 Å². The third-order valence-electron chi connectivity index (χ3n) is 2.34. The molecular weight excluding hydrogens is 214 g/mol. The molecule has 0 aliphatic carbocycles. The Morgan fingerprint density at radius 3 is 3.07 bits per heavy atom. The molecule has 3 rings (SSSR count). The molecule has 3 aromatic rings. The molecule has 0 radical (unpaired) electrons. The quantitative estimate of drug-likeness (QED) is 0.627. The first-order valence-electron chi connectivity index (χ1n) is 4.39. The molecule has 1 aromatic carbocycles. The summed E-state index contributed by atoms with van der Waals surface area (Å²) in [5.74, 6) is 0. The number of nitrogens with one attached hydrogen (secondary N) is 1. The molecule has 0 aliphatic rings. The van der Waals surface area contributed by atoms with Crippen LogP contribution < -0.4 is 5.56 Å². The van der Waals surface area contributed by atoms with Crippen molar-refractivity contribution in [2.45, 2.75) is 0 Å². The summed E-state index contributed by atoms with van der Waals surface area (Å²) in [5, 5.41) is 0.629. The molecule has 0 unspecified atom stereocenters. The fourth-order valence-electron chi connectivity index (χ4n) is 1.65. The molecule has 74 valence electrons. The molecule has 0 saturated heterocycles. The SMILES string of the molecule is O=c1[nH]c2ccc(Cl)cc2n2cncc12. The minimum atomic E-state index is -0.151. The average molecular weight is 220 g/mol. The monoisotopic (exact) mass is 219 g/mol. The molecule has 0 fully saturated rings. The van der Waals surface area contributed by atoms with Crippen molar-refractivity contribution in [3.63, 3.8) is 0 Å². The largest absolute Gasteiger partial charge is 0.319 e. The number of aromatic amines is 1. The van der Waals surface area contributed by atoms with Gasteiger partial charge >= 0.3 is 0 Å². The highest BCUT2D eigenvalue weighted by atomic mass is 35.5. The van der Waals surface area contributed by atoms with Crippen molar-refractivity contribution in [3.05, 3.63) is 46.1 Å². The van der Waals surface area contributed by atoms with Crippen LogP contribution in [0.3, 0.4) is 0 Å². The van der Waals surface area contributed by atoms with Crippen molar-refractivity contribution in [2.24, 2.45) is 0 Å². The summed E-state index contributed by atoms with van der Waals surface area (Å²) in [6.45, 7) is 0. The average Bonchev–Trinajstić information content (AvgIpc) is 2.69. The van der Waals surface area contributed by atoms with Crippen molar-refractivity contribution >= 4 is 28.2 Å². The highest BCUT2D eigenvalue weighted by Crippen LogP contribution is 2.17.